The third-order valence-corrected chi connectivity index (χ3v) is 1.98. The van der Waals surface area contributed by atoms with Crippen molar-refractivity contribution >= 4 is 11.7 Å². The molecule has 1 rings (SSSR count). The van der Waals surface area contributed by atoms with Gasteiger partial charge in [0.15, 0.2) is 0 Å². The van der Waals surface area contributed by atoms with Gasteiger partial charge >= 0.3 is 0 Å². The average Bonchev–Trinajstić information content (AvgIpc) is 2.22. The Morgan fingerprint density at radius 2 is 2.33 bits per heavy atom. The second kappa shape index (κ2) is 6.14. The fraction of sp³-hybridized carbons (Fsp3) is 0.455. The molecule has 82 valence electrons. The third kappa shape index (κ3) is 4.08. The van der Waals surface area contributed by atoms with Crippen molar-refractivity contribution in [3.8, 4) is 0 Å². The summed E-state index contributed by atoms with van der Waals surface area (Å²) in [5, 5.41) is 5.79. The van der Waals surface area contributed by atoms with Crippen molar-refractivity contribution in [3.05, 3.63) is 23.9 Å². The molecule has 0 saturated heterocycles. The van der Waals surface area contributed by atoms with Crippen molar-refractivity contribution < 1.29 is 4.79 Å². The zero-order valence-electron chi connectivity index (χ0n) is 9.21. The molecular weight excluding hydrogens is 190 g/mol. The Balaban J connectivity index is 2.41. The Bertz CT molecular complexity index is 325. The van der Waals surface area contributed by atoms with Crippen molar-refractivity contribution in [3.63, 3.8) is 0 Å². The zero-order chi connectivity index (χ0) is 11.1. The van der Waals surface area contributed by atoms with Crippen LogP contribution in [-0.2, 0) is 4.79 Å². The molecule has 4 nitrogen and oxygen atoms in total. The topological polar surface area (TPSA) is 54.0 Å². The van der Waals surface area contributed by atoms with Crippen molar-refractivity contribution in [2.45, 2.75) is 20.3 Å². The van der Waals surface area contributed by atoms with Crippen LogP contribution in [0, 0.1) is 6.92 Å². The van der Waals surface area contributed by atoms with E-state index in [4.69, 9.17) is 0 Å². The highest BCUT2D eigenvalue weighted by Crippen LogP contribution is 2.08. The van der Waals surface area contributed by atoms with E-state index in [1.54, 1.807) is 6.20 Å². The first-order chi connectivity index (χ1) is 7.24. The van der Waals surface area contributed by atoms with Crippen LogP contribution in [0.15, 0.2) is 18.3 Å². The smallest absolute Gasteiger partial charge is 0.239 e. The number of nitrogens with zero attached hydrogens (tertiary/aromatic N) is 1. The van der Waals surface area contributed by atoms with Crippen LogP contribution in [0.2, 0.25) is 0 Å². The SMILES string of the molecule is CCCNCC(=O)Nc1ncccc1C. The van der Waals surface area contributed by atoms with Crippen LogP contribution in [0.25, 0.3) is 0 Å². The maximum Gasteiger partial charge on any atom is 0.239 e. The Morgan fingerprint density at radius 3 is 3.00 bits per heavy atom. The number of pyridine rings is 1. The van der Waals surface area contributed by atoms with E-state index in [2.05, 4.69) is 22.5 Å². The van der Waals surface area contributed by atoms with Gasteiger partial charge in [-0.3, -0.25) is 4.79 Å². The Morgan fingerprint density at radius 1 is 1.53 bits per heavy atom. The van der Waals surface area contributed by atoms with Crippen LogP contribution < -0.4 is 10.6 Å². The average molecular weight is 207 g/mol. The first-order valence-corrected chi connectivity index (χ1v) is 5.16. The Kier molecular flexibility index (Phi) is 4.77. The van der Waals surface area contributed by atoms with Crippen molar-refractivity contribution in [1.82, 2.24) is 10.3 Å². The van der Waals surface area contributed by atoms with Crippen LogP contribution in [-0.4, -0.2) is 24.0 Å². The van der Waals surface area contributed by atoms with Gasteiger partial charge in [-0.15, -0.1) is 0 Å². The summed E-state index contributed by atoms with van der Waals surface area (Å²) in [7, 11) is 0. The predicted molar refractivity (Wildman–Crippen MR) is 60.8 cm³/mol. The summed E-state index contributed by atoms with van der Waals surface area (Å²) in [5.41, 5.74) is 0.973. The number of anilines is 1. The predicted octanol–water partition coefficient (Wildman–Crippen LogP) is 1.33. The summed E-state index contributed by atoms with van der Waals surface area (Å²) in [4.78, 5) is 15.5. The van der Waals surface area contributed by atoms with Crippen molar-refractivity contribution in [2.75, 3.05) is 18.4 Å². The Labute approximate surface area is 90.1 Å². The molecule has 0 aliphatic carbocycles. The number of aromatic nitrogens is 1. The van der Waals surface area contributed by atoms with Gasteiger partial charge in [0.1, 0.15) is 5.82 Å². The normalized spacial score (nSPS) is 10.0. The maximum atomic E-state index is 11.4. The molecule has 1 aromatic rings. The number of amides is 1. The molecule has 1 heterocycles. The molecule has 1 aromatic heterocycles. The van der Waals surface area contributed by atoms with Gasteiger partial charge in [-0.1, -0.05) is 13.0 Å². The lowest BCUT2D eigenvalue weighted by Crippen LogP contribution is -2.29. The van der Waals surface area contributed by atoms with Gasteiger partial charge in [-0.05, 0) is 31.5 Å². The summed E-state index contributed by atoms with van der Waals surface area (Å²) < 4.78 is 0. The molecular formula is C11H17N3O. The second-order valence-corrected chi connectivity index (χ2v) is 3.39. The van der Waals surface area contributed by atoms with E-state index in [1.165, 1.54) is 0 Å². The first-order valence-electron chi connectivity index (χ1n) is 5.16. The van der Waals surface area contributed by atoms with Crippen LogP contribution in [0.1, 0.15) is 18.9 Å². The number of aryl methyl sites for hydroxylation is 1. The largest absolute Gasteiger partial charge is 0.309 e. The maximum absolute atomic E-state index is 11.4. The zero-order valence-corrected chi connectivity index (χ0v) is 9.21. The minimum absolute atomic E-state index is 0.0507. The minimum Gasteiger partial charge on any atom is -0.309 e. The molecule has 15 heavy (non-hydrogen) atoms. The van der Waals surface area contributed by atoms with Crippen LogP contribution >= 0.6 is 0 Å². The lowest BCUT2D eigenvalue weighted by molar-refractivity contribution is -0.115. The summed E-state index contributed by atoms with van der Waals surface area (Å²) in [6.45, 7) is 5.17. The quantitative estimate of drug-likeness (QED) is 0.716. The monoisotopic (exact) mass is 207 g/mol. The molecule has 2 N–H and O–H groups in total. The van der Waals surface area contributed by atoms with E-state index in [-0.39, 0.29) is 5.91 Å². The fourth-order valence-electron chi connectivity index (χ4n) is 1.17. The van der Waals surface area contributed by atoms with Crippen molar-refractivity contribution in [2.24, 2.45) is 0 Å². The number of nitrogens with one attached hydrogen (secondary N) is 2. The summed E-state index contributed by atoms with van der Waals surface area (Å²) in [6.07, 6.45) is 2.69. The third-order valence-electron chi connectivity index (χ3n) is 1.98. The number of rotatable bonds is 5. The first kappa shape index (κ1) is 11.7. The number of hydrogen-bond donors (Lipinski definition) is 2. The minimum atomic E-state index is -0.0507. The van der Waals surface area contributed by atoms with Gasteiger partial charge in [-0.2, -0.15) is 0 Å². The van der Waals surface area contributed by atoms with Crippen molar-refractivity contribution in [1.29, 1.82) is 0 Å². The van der Waals surface area contributed by atoms with E-state index < -0.39 is 0 Å². The molecule has 0 radical (unpaired) electrons. The fourth-order valence-corrected chi connectivity index (χ4v) is 1.17. The lowest BCUT2D eigenvalue weighted by Gasteiger charge is -2.07. The molecule has 0 fully saturated rings. The molecule has 0 aromatic carbocycles. The molecule has 0 aliphatic heterocycles. The summed E-state index contributed by atoms with van der Waals surface area (Å²) >= 11 is 0. The molecule has 4 heteroatoms. The van der Waals surface area contributed by atoms with E-state index in [1.807, 2.05) is 19.1 Å². The van der Waals surface area contributed by atoms with Gasteiger partial charge in [0, 0.05) is 6.20 Å². The number of carbonyl (C=O) groups is 1. The van der Waals surface area contributed by atoms with E-state index in [0.29, 0.717) is 12.4 Å². The van der Waals surface area contributed by atoms with E-state index in [0.717, 1.165) is 18.5 Å². The van der Waals surface area contributed by atoms with E-state index >= 15 is 0 Å². The molecule has 0 spiro atoms. The number of hydrogen-bond acceptors (Lipinski definition) is 3. The van der Waals surface area contributed by atoms with Gasteiger partial charge in [0.2, 0.25) is 5.91 Å². The van der Waals surface area contributed by atoms with Crippen LogP contribution in [0.3, 0.4) is 0 Å². The van der Waals surface area contributed by atoms with Crippen LogP contribution in [0.4, 0.5) is 5.82 Å². The van der Waals surface area contributed by atoms with Gasteiger partial charge in [0.05, 0.1) is 6.54 Å². The molecule has 0 unspecified atom stereocenters. The highest BCUT2D eigenvalue weighted by molar-refractivity contribution is 5.91. The second-order valence-electron chi connectivity index (χ2n) is 3.39. The molecule has 0 aliphatic rings. The lowest BCUT2D eigenvalue weighted by atomic mass is 10.3. The highest BCUT2D eigenvalue weighted by Gasteiger charge is 2.03. The highest BCUT2D eigenvalue weighted by atomic mass is 16.1. The molecule has 0 bridgehead atoms. The van der Waals surface area contributed by atoms with Gasteiger partial charge in [-0.25, -0.2) is 4.98 Å². The summed E-state index contributed by atoms with van der Waals surface area (Å²) in [6, 6.07) is 3.77. The molecule has 1 amide bonds. The van der Waals surface area contributed by atoms with Gasteiger partial charge in [0.25, 0.3) is 0 Å². The van der Waals surface area contributed by atoms with Gasteiger partial charge < -0.3 is 10.6 Å². The van der Waals surface area contributed by atoms with Crippen LogP contribution in [0.5, 0.6) is 0 Å². The molecule has 0 saturated carbocycles. The molecule has 0 atom stereocenters. The number of carbonyl (C=O) groups excluding carboxylic acids is 1. The van der Waals surface area contributed by atoms with E-state index in [9.17, 15) is 4.79 Å². The summed E-state index contributed by atoms with van der Waals surface area (Å²) in [5.74, 6) is 0.589. The standard InChI is InChI=1S/C11H17N3O/c1-3-6-12-8-10(15)14-11-9(2)5-4-7-13-11/h4-5,7,12H,3,6,8H2,1-2H3,(H,13,14,15). The Hall–Kier alpha value is -1.42.